The van der Waals surface area contributed by atoms with E-state index < -0.39 is 0 Å². The Hall–Kier alpha value is -8.01. The van der Waals surface area contributed by atoms with Crippen LogP contribution in [-0.2, 0) is 12.0 Å². The molecule has 1 spiro atoms. The van der Waals surface area contributed by atoms with Crippen molar-refractivity contribution < 1.29 is 4.42 Å². The van der Waals surface area contributed by atoms with E-state index in [1.165, 1.54) is 55.6 Å². The molecule has 2 N–H and O–H groups in total. The zero-order valence-corrected chi connectivity index (χ0v) is 33.9. The number of rotatable bonds is 7. The number of furan rings is 1. The first-order valence-corrected chi connectivity index (χ1v) is 21.3. The number of hydrogen-bond donors (Lipinski definition) is 1. The van der Waals surface area contributed by atoms with Crippen molar-refractivity contribution in [2.24, 2.45) is 4.99 Å². The summed E-state index contributed by atoms with van der Waals surface area (Å²) in [6, 6.07) is 78.5. The van der Waals surface area contributed by atoms with E-state index in [1.807, 2.05) is 42.5 Å². The third-order valence-electron chi connectivity index (χ3n) is 13.0. The molecule has 2 aliphatic carbocycles. The highest BCUT2D eigenvalue weighted by molar-refractivity contribution is 6.17. The Morgan fingerprint density at radius 3 is 1.47 bits per heavy atom. The first-order valence-electron chi connectivity index (χ1n) is 21.3. The maximum absolute atomic E-state index is 6.96. The number of nitrogens with two attached hydrogens (primary N) is 1. The van der Waals surface area contributed by atoms with Crippen LogP contribution in [0.1, 0.15) is 39.1 Å². The molecule has 2 aliphatic rings. The zero-order valence-electron chi connectivity index (χ0n) is 33.9. The van der Waals surface area contributed by atoms with Crippen molar-refractivity contribution in [3.63, 3.8) is 0 Å². The number of fused-ring (bicyclic) bond motifs is 11. The highest BCUT2D eigenvalue weighted by Crippen LogP contribution is 2.63. The predicted molar refractivity (Wildman–Crippen MR) is 255 cm³/mol. The Labute approximate surface area is 361 Å². The molecule has 3 heteroatoms. The summed E-state index contributed by atoms with van der Waals surface area (Å²) in [6.07, 6.45) is 0. The van der Waals surface area contributed by atoms with E-state index in [0.717, 1.165) is 50.1 Å². The molecule has 12 rings (SSSR count). The Balaban J connectivity index is 0.910. The van der Waals surface area contributed by atoms with E-state index in [1.54, 1.807) is 0 Å². The number of benzene rings is 9. The normalized spacial score (nSPS) is 13.2. The summed E-state index contributed by atoms with van der Waals surface area (Å²) in [6.45, 7) is 0.519. The number of nitrogen functional groups attached to an aromatic ring is 1. The van der Waals surface area contributed by atoms with Gasteiger partial charge in [0.05, 0.1) is 17.6 Å². The Morgan fingerprint density at radius 2 is 0.887 bits per heavy atom. The van der Waals surface area contributed by atoms with Crippen molar-refractivity contribution in [3.05, 3.63) is 258 Å². The number of anilines is 1. The first kappa shape index (κ1) is 35.9. The van der Waals surface area contributed by atoms with E-state index in [0.29, 0.717) is 18.0 Å². The summed E-state index contributed by atoms with van der Waals surface area (Å²) in [5, 5.41) is 0.872. The molecular weight excluding hydrogens is 753 g/mol. The lowest BCUT2D eigenvalue weighted by Gasteiger charge is -2.30. The Bertz CT molecular complexity index is 3330. The van der Waals surface area contributed by atoms with Crippen LogP contribution in [0.15, 0.2) is 228 Å². The van der Waals surface area contributed by atoms with E-state index in [2.05, 4.69) is 176 Å². The second-order valence-electron chi connectivity index (χ2n) is 16.4. The van der Waals surface area contributed by atoms with Gasteiger partial charge in [0.1, 0.15) is 11.3 Å². The largest absolute Gasteiger partial charge is 0.452 e. The maximum Gasteiger partial charge on any atom is 0.176 e. The quantitative estimate of drug-likeness (QED) is 0.163. The number of nitrogens with zero attached hydrogens (tertiary/aromatic N) is 1. The van der Waals surface area contributed by atoms with Gasteiger partial charge in [-0.2, -0.15) is 0 Å². The molecule has 10 aromatic rings. The predicted octanol–water partition coefficient (Wildman–Crippen LogP) is 14.4. The van der Waals surface area contributed by atoms with E-state index in [4.69, 9.17) is 15.1 Å². The SMILES string of the molecule is Nc1c(/C(=N\Cc2ccccc2)c2ccccc2)oc2ccc(-c3cccc(-c4cccc(-c5ccc6c(c5)C5(c7ccccc7-c7ccccc75)c5ccccc5-6)c4)c3)cc12. The Kier molecular flexibility index (Phi) is 8.29. The molecule has 62 heavy (non-hydrogen) atoms. The molecule has 0 saturated carbocycles. The minimum atomic E-state index is -0.376. The molecule has 1 heterocycles. The molecule has 0 unspecified atom stereocenters. The smallest absolute Gasteiger partial charge is 0.176 e. The number of hydrogen-bond acceptors (Lipinski definition) is 3. The molecule has 0 saturated heterocycles. The molecule has 0 amide bonds. The van der Waals surface area contributed by atoms with Crippen LogP contribution in [0.2, 0.25) is 0 Å². The molecule has 0 atom stereocenters. The van der Waals surface area contributed by atoms with Gasteiger partial charge in [-0.05, 0) is 114 Å². The lowest BCUT2D eigenvalue weighted by molar-refractivity contribution is 0.606. The summed E-state index contributed by atoms with van der Waals surface area (Å²) in [7, 11) is 0. The lowest BCUT2D eigenvalue weighted by Crippen LogP contribution is -2.25. The average Bonchev–Trinajstić information content (AvgIpc) is 3.95. The van der Waals surface area contributed by atoms with Gasteiger partial charge in [-0.1, -0.05) is 188 Å². The van der Waals surface area contributed by atoms with Crippen LogP contribution >= 0.6 is 0 Å². The van der Waals surface area contributed by atoms with Gasteiger partial charge in [0.2, 0.25) is 0 Å². The average molecular weight is 793 g/mol. The fraction of sp³-hybridized carbons (Fsp3) is 0.0339. The summed E-state index contributed by atoms with van der Waals surface area (Å²) < 4.78 is 6.50. The van der Waals surface area contributed by atoms with Crippen LogP contribution in [0, 0.1) is 0 Å². The first-order chi connectivity index (χ1) is 30.6. The van der Waals surface area contributed by atoms with Crippen molar-refractivity contribution in [3.8, 4) is 55.6 Å². The molecule has 0 radical (unpaired) electrons. The van der Waals surface area contributed by atoms with Crippen molar-refractivity contribution in [1.29, 1.82) is 0 Å². The van der Waals surface area contributed by atoms with Crippen molar-refractivity contribution in [2.75, 3.05) is 5.73 Å². The van der Waals surface area contributed by atoms with Crippen LogP contribution in [0.25, 0.3) is 66.6 Å². The third-order valence-corrected chi connectivity index (χ3v) is 13.0. The van der Waals surface area contributed by atoms with Crippen LogP contribution in [0.3, 0.4) is 0 Å². The van der Waals surface area contributed by atoms with Gasteiger partial charge >= 0.3 is 0 Å². The second kappa shape index (κ2) is 14.3. The van der Waals surface area contributed by atoms with Crippen LogP contribution in [0.4, 0.5) is 5.69 Å². The van der Waals surface area contributed by atoms with Gasteiger partial charge in [-0.25, -0.2) is 0 Å². The van der Waals surface area contributed by atoms with Gasteiger partial charge in [0.25, 0.3) is 0 Å². The third kappa shape index (κ3) is 5.56. The maximum atomic E-state index is 6.96. The number of aliphatic imine (C=N–C) groups is 1. The summed E-state index contributed by atoms with van der Waals surface area (Å²) in [5.41, 5.74) is 28.3. The van der Waals surface area contributed by atoms with Gasteiger partial charge in [0.15, 0.2) is 5.76 Å². The van der Waals surface area contributed by atoms with Gasteiger partial charge < -0.3 is 10.2 Å². The Morgan fingerprint density at radius 1 is 0.419 bits per heavy atom. The van der Waals surface area contributed by atoms with E-state index in [-0.39, 0.29) is 5.41 Å². The van der Waals surface area contributed by atoms with Gasteiger partial charge in [0, 0.05) is 10.9 Å². The van der Waals surface area contributed by atoms with Crippen LogP contribution in [0.5, 0.6) is 0 Å². The monoisotopic (exact) mass is 792 g/mol. The summed E-state index contributed by atoms with van der Waals surface area (Å²) in [4.78, 5) is 5.05. The zero-order chi connectivity index (χ0) is 41.2. The fourth-order valence-electron chi connectivity index (χ4n) is 10.1. The second-order valence-corrected chi connectivity index (χ2v) is 16.4. The highest BCUT2D eigenvalue weighted by Gasteiger charge is 2.51. The van der Waals surface area contributed by atoms with Crippen molar-refractivity contribution >= 4 is 22.4 Å². The lowest BCUT2D eigenvalue weighted by atomic mass is 9.70. The molecule has 9 aromatic carbocycles. The van der Waals surface area contributed by atoms with Crippen molar-refractivity contribution in [1.82, 2.24) is 0 Å². The van der Waals surface area contributed by atoms with Gasteiger partial charge in [-0.3, -0.25) is 4.99 Å². The standard InChI is InChI=1S/C59H40N2O/c60-56-50-35-44(30-32-55(50)62-58(56)57(39-17-5-2-6-18-39)61-37-38-15-3-1-4-16-38)42-21-13-19-40(33-42)41-20-14-22-43(34-41)45-29-31-49-48-25-9-12-28-53(48)59(54(49)36-45)51-26-10-7-23-46(51)47-24-8-11-27-52(47)59/h1-36H,37,60H2/b61-57-. The minimum absolute atomic E-state index is 0.376. The minimum Gasteiger partial charge on any atom is -0.452 e. The topological polar surface area (TPSA) is 51.5 Å². The van der Waals surface area contributed by atoms with Crippen molar-refractivity contribution in [2.45, 2.75) is 12.0 Å². The van der Waals surface area contributed by atoms with E-state index >= 15 is 0 Å². The molecule has 0 aliphatic heterocycles. The molecule has 0 fully saturated rings. The highest BCUT2D eigenvalue weighted by atomic mass is 16.3. The molecule has 0 bridgehead atoms. The van der Waals surface area contributed by atoms with E-state index in [9.17, 15) is 0 Å². The summed E-state index contributed by atoms with van der Waals surface area (Å²) in [5.74, 6) is 0.590. The van der Waals surface area contributed by atoms with Crippen LogP contribution in [-0.4, -0.2) is 5.71 Å². The van der Waals surface area contributed by atoms with Crippen LogP contribution < -0.4 is 5.73 Å². The summed E-state index contributed by atoms with van der Waals surface area (Å²) >= 11 is 0. The molecule has 3 nitrogen and oxygen atoms in total. The fourth-order valence-corrected chi connectivity index (χ4v) is 10.1. The molecular formula is C59H40N2O. The molecule has 1 aromatic heterocycles. The molecule has 292 valence electrons. The van der Waals surface area contributed by atoms with Gasteiger partial charge in [-0.15, -0.1) is 0 Å².